The first kappa shape index (κ1) is 22.1. The SMILES string of the molecule is CC(=O)C1CC(C(=O)N(C)C2CCN(CCc3ccccn3)CC2)=NN1c1ccccc1. The van der Waals surface area contributed by atoms with Crippen molar-refractivity contribution >= 4 is 23.1 Å². The summed E-state index contributed by atoms with van der Waals surface area (Å²) in [6, 6.07) is 15.4. The fourth-order valence-corrected chi connectivity index (χ4v) is 4.49. The lowest BCUT2D eigenvalue weighted by Crippen LogP contribution is -2.47. The molecule has 1 atom stereocenters. The van der Waals surface area contributed by atoms with E-state index in [1.807, 2.05) is 60.6 Å². The maximum Gasteiger partial charge on any atom is 0.270 e. The number of aromatic nitrogens is 1. The Hall–Kier alpha value is -3.06. The Kier molecular flexibility index (Phi) is 6.95. The number of rotatable bonds is 7. The van der Waals surface area contributed by atoms with Gasteiger partial charge >= 0.3 is 0 Å². The first-order chi connectivity index (χ1) is 15.5. The van der Waals surface area contributed by atoms with Gasteiger partial charge in [-0.15, -0.1) is 0 Å². The van der Waals surface area contributed by atoms with Gasteiger partial charge in [0.2, 0.25) is 0 Å². The molecule has 0 saturated carbocycles. The minimum atomic E-state index is -0.418. The molecular weight excluding hydrogens is 402 g/mol. The van der Waals surface area contributed by atoms with Gasteiger partial charge in [0.1, 0.15) is 11.8 Å². The number of carbonyl (C=O) groups excluding carboxylic acids is 2. The molecule has 7 heteroatoms. The number of carbonyl (C=O) groups is 2. The van der Waals surface area contributed by atoms with Crippen molar-refractivity contribution in [1.29, 1.82) is 0 Å². The van der Waals surface area contributed by atoms with Gasteiger partial charge in [0.05, 0.1) is 5.69 Å². The van der Waals surface area contributed by atoms with Gasteiger partial charge < -0.3 is 9.80 Å². The van der Waals surface area contributed by atoms with Crippen LogP contribution in [-0.2, 0) is 16.0 Å². The van der Waals surface area contributed by atoms with E-state index >= 15 is 0 Å². The maximum absolute atomic E-state index is 13.2. The standard InChI is InChI=1S/C25H31N5O2/c1-19(31)24-18-23(27-30(24)22-9-4-3-5-10-22)25(32)28(2)21-12-16-29(17-13-21)15-11-20-8-6-7-14-26-20/h3-10,14,21,24H,11-13,15-18H2,1-2H3. The Morgan fingerprint density at radius 1 is 1.06 bits per heavy atom. The van der Waals surface area contributed by atoms with Crippen LogP contribution in [0.1, 0.15) is 31.9 Å². The second-order valence-electron chi connectivity index (χ2n) is 8.62. The smallest absolute Gasteiger partial charge is 0.270 e. The van der Waals surface area contributed by atoms with E-state index in [4.69, 9.17) is 0 Å². The number of hydrogen-bond acceptors (Lipinski definition) is 6. The number of nitrogens with zero attached hydrogens (tertiary/aromatic N) is 5. The van der Waals surface area contributed by atoms with Crippen LogP contribution in [0.15, 0.2) is 59.8 Å². The summed E-state index contributed by atoms with van der Waals surface area (Å²) in [5.41, 5.74) is 2.41. The molecular formula is C25H31N5O2. The minimum absolute atomic E-state index is 0.0178. The van der Waals surface area contributed by atoms with Crippen LogP contribution in [0.2, 0.25) is 0 Å². The second kappa shape index (κ2) is 10.0. The normalized spacial score (nSPS) is 19.6. The summed E-state index contributed by atoms with van der Waals surface area (Å²) in [7, 11) is 1.87. The minimum Gasteiger partial charge on any atom is -0.338 e. The first-order valence-corrected chi connectivity index (χ1v) is 11.3. The van der Waals surface area contributed by atoms with Crippen LogP contribution >= 0.6 is 0 Å². The Morgan fingerprint density at radius 2 is 1.78 bits per heavy atom. The summed E-state index contributed by atoms with van der Waals surface area (Å²) in [5, 5.41) is 6.27. The lowest BCUT2D eigenvalue weighted by Gasteiger charge is -2.36. The highest BCUT2D eigenvalue weighted by atomic mass is 16.2. The number of ketones is 1. The van der Waals surface area contributed by atoms with Crippen molar-refractivity contribution in [2.24, 2.45) is 5.10 Å². The van der Waals surface area contributed by atoms with Crippen LogP contribution in [0.25, 0.3) is 0 Å². The topological polar surface area (TPSA) is 69.1 Å². The van der Waals surface area contributed by atoms with Gasteiger partial charge in [-0.05, 0) is 44.0 Å². The van der Waals surface area contributed by atoms with Crippen LogP contribution in [0, 0.1) is 0 Å². The average molecular weight is 434 g/mol. The molecule has 1 aromatic heterocycles. The van der Waals surface area contributed by atoms with E-state index in [9.17, 15) is 9.59 Å². The van der Waals surface area contributed by atoms with Gasteiger partial charge in [-0.1, -0.05) is 24.3 Å². The Balaban J connectivity index is 1.34. The van der Waals surface area contributed by atoms with Crippen molar-refractivity contribution in [3.05, 3.63) is 60.4 Å². The van der Waals surface area contributed by atoms with Gasteiger partial charge in [0.15, 0.2) is 5.78 Å². The molecule has 1 fully saturated rings. The molecule has 1 unspecified atom stereocenters. The largest absolute Gasteiger partial charge is 0.338 e. The van der Waals surface area contributed by atoms with Crippen LogP contribution in [0.5, 0.6) is 0 Å². The number of anilines is 1. The molecule has 1 aromatic carbocycles. The summed E-state index contributed by atoms with van der Waals surface area (Å²) in [5.74, 6) is -0.0501. The predicted octanol–water partition coefficient (Wildman–Crippen LogP) is 2.77. The summed E-state index contributed by atoms with van der Waals surface area (Å²) < 4.78 is 0. The number of likely N-dealkylation sites (tertiary alicyclic amines) is 1. The van der Waals surface area contributed by atoms with E-state index in [2.05, 4.69) is 21.1 Å². The monoisotopic (exact) mass is 433 g/mol. The maximum atomic E-state index is 13.2. The molecule has 1 amide bonds. The lowest BCUT2D eigenvalue weighted by molar-refractivity contribution is -0.125. The molecule has 3 heterocycles. The molecule has 7 nitrogen and oxygen atoms in total. The Bertz CT molecular complexity index is 955. The van der Waals surface area contributed by atoms with Crippen LogP contribution in [0.4, 0.5) is 5.69 Å². The van der Waals surface area contributed by atoms with Gasteiger partial charge in [-0.25, -0.2) is 0 Å². The van der Waals surface area contributed by atoms with Gasteiger partial charge in [-0.2, -0.15) is 5.10 Å². The number of benzene rings is 1. The molecule has 2 aromatic rings. The number of pyridine rings is 1. The summed E-state index contributed by atoms with van der Waals surface area (Å²) in [4.78, 5) is 34.1. The van der Waals surface area contributed by atoms with Gasteiger partial charge in [-0.3, -0.25) is 19.6 Å². The molecule has 2 aliphatic rings. The molecule has 4 rings (SSSR count). The first-order valence-electron chi connectivity index (χ1n) is 11.3. The fraction of sp³-hybridized carbons (Fsp3) is 0.440. The van der Waals surface area contributed by atoms with Crippen molar-refractivity contribution in [3.8, 4) is 0 Å². The van der Waals surface area contributed by atoms with E-state index in [1.54, 1.807) is 11.9 Å². The molecule has 0 bridgehead atoms. The van der Waals surface area contributed by atoms with E-state index < -0.39 is 6.04 Å². The van der Waals surface area contributed by atoms with E-state index in [0.717, 1.165) is 50.3 Å². The van der Waals surface area contributed by atoms with E-state index in [1.165, 1.54) is 0 Å². The summed E-state index contributed by atoms with van der Waals surface area (Å²) >= 11 is 0. The number of amides is 1. The Morgan fingerprint density at radius 3 is 2.44 bits per heavy atom. The molecule has 1 saturated heterocycles. The van der Waals surface area contributed by atoms with E-state index in [-0.39, 0.29) is 17.7 Å². The number of para-hydroxylation sites is 1. The number of Topliss-reactive ketones (excluding diaryl/α,β-unsaturated/α-hetero) is 1. The molecule has 168 valence electrons. The predicted molar refractivity (Wildman–Crippen MR) is 126 cm³/mol. The number of hydrazone groups is 1. The fourth-order valence-electron chi connectivity index (χ4n) is 4.49. The molecule has 2 aliphatic heterocycles. The zero-order valence-corrected chi connectivity index (χ0v) is 18.9. The molecule has 0 spiro atoms. The highest BCUT2D eigenvalue weighted by Gasteiger charge is 2.36. The highest BCUT2D eigenvalue weighted by Crippen LogP contribution is 2.26. The zero-order valence-electron chi connectivity index (χ0n) is 18.9. The third-order valence-electron chi connectivity index (χ3n) is 6.48. The Labute approximate surface area is 189 Å². The van der Waals surface area contributed by atoms with Gasteiger partial charge in [0, 0.05) is 57.5 Å². The van der Waals surface area contributed by atoms with Crippen LogP contribution < -0.4 is 5.01 Å². The zero-order chi connectivity index (χ0) is 22.5. The van der Waals surface area contributed by atoms with Crippen LogP contribution in [-0.4, -0.2) is 71.0 Å². The quantitative estimate of drug-likeness (QED) is 0.672. The molecule has 32 heavy (non-hydrogen) atoms. The average Bonchev–Trinajstić information content (AvgIpc) is 3.29. The van der Waals surface area contributed by atoms with Gasteiger partial charge in [0.25, 0.3) is 5.91 Å². The number of hydrogen-bond donors (Lipinski definition) is 0. The van der Waals surface area contributed by atoms with Crippen molar-refractivity contribution in [1.82, 2.24) is 14.8 Å². The molecule has 0 aliphatic carbocycles. The van der Waals surface area contributed by atoms with Crippen LogP contribution in [0.3, 0.4) is 0 Å². The number of piperidine rings is 1. The van der Waals surface area contributed by atoms with E-state index in [0.29, 0.717) is 12.1 Å². The third-order valence-corrected chi connectivity index (χ3v) is 6.48. The van der Waals surface area contributed by atoms with Crippen molar-refractivity contribution < 1.29 is 9.59 Å². The molecule has 0 N–H and O–H groups in total. The van der Waals surface area contributed by atoms with Crippen molar-refractivity contribution in [3.63, 3.8) is 0 Å². The second-order valence-corrected chi connectivity index (χ2v) is 8.62. The molecule has 0 radical (unpaired) electrons. The van der Waals surface area contributed by atoms with Crippen molar-refractivity contribution in [2.45, 2.75) is 44.7 Å². The highest BCUT2D eigenvalue weighted by molar-refractivity contribution is 6.40. The summed E-state index contributed by atoms with van der Waals surface area (Å²) in [6.45, 7) is 4.48. The summed E-state index contributed by atoms with van der Waals surface area (Å²) in [6.07, 6.45) is 5.02. The third kappa shape index (κ3) is 5.05. The lowest BCUT2D eigenvalue weighted by atomic mass is 10.0. The van der Waals surface area contributed by atoms with Crippen molar-refractivity contribution in [2.75, 3.05) is 31.7 Å².